The van der Waals surface area contributed by atoms with Crippen LogP contribution in [-0.2, 0) is 39.8 Å². The van der Waals surface area contributed by atoms with Crippen LogP contribution in [0.4, 0.5) is 0 Å². The maximum Gasteiger partial charge on any atom is 0.262 e. The quantitative estimate of drug-likeness (QED) is 0.0624. The van der Waals surface area contributed by atoms with Gasteiger partial charge in [0.05, 0.1) is 30.9 Å². The van der Waals surface area contributed by atoms with Crippen molar-refractivity contribution in [3.63, 3.8) is 0 Å². The molecular formula is C40H46N4O12. The molecule has 0 aromatic heterocycles. The van der Waals surface area contributed by atoms with Crippen LogP contribution in [0, 0.1) is 0 Å². The molecule has 3 aromatic rings. The van der Waals surface area contributed by atoms with Gasteiger partial charge in [0.2, 0.25) is 0 Å². The van der Waals surface area contributed by atoms with Gasteiger partial charge in [0.25, 0.3) is 11.8 Å². The van der Waals surface area contributed by atoms with E-state index in [0.717, 1.165) is 28.9 Å². The number of benzene rings is 3. The second kappa shape index (κ2) is 18.8. The number of unbranched alkanes of at least 4 members (excludes halogenated alkanes) is 3. The van der Waals surface area contributed by atoms with Gasteiger partial charge in [-0.15, -0.1) is 0 Å². The maximum absolute atomic E-state index is 13.8. The molecule has 0 aliphatic carbocycles. The number of nitrogens with zero attached hydrogens (tertiary/aromatic N) is 4. The Kier molecular flexibility index (Phi) is 13.4. The summed E-state index contributed by atoms with van der Waals surface area (Å²) in [5.74, 6) is -1.28. The molecule has 3 N–H and O–H groups in total. The van der Waals surface area contributed by atoms with Crippen molar-refractivity contribution in [3.8, 4) is 0 Å². The van der Waals surface area contributed by atoms with Crippen LogP contribution in [0.2, 0.25) is 0 Å². The number of aliphatic hydroxyl groups is 3. The second-order valence-corrected chi connectivity index (χ2v) is 14.1. The fourth-order valence-corrected chi connectivity index (χ4v) is 7.47. The minimum atomic E-state index is -1.64. The van der Waals surface area contributed by atoms with Crippen molar-refractivity contribution in [2.45, 2.75) is 99.9 Å². The van der Waals surface area contributed by atoms with Crippen LogP contribution < -0.4 is 0 Å². The molecule has 0 spiro atoms. The SMILES string of the molecule is [N-]=[N+]=NCCCCCCO[C@@H]1O[C@H](COCc2ccccc2)[C@@H](O[C@@H]2O[C@@H]3CO[C@H](c4ccccc4)O[C@@H]3[C@H](O)[C@H]2O)[C@H](O)[C@H]1N1C(=O)c2ccccc2C1=O. The summed E-state index contributed by atoms with van der Waals surface area (Å²) in [6.45, 7) is 0.600. The van der Waals surface area contributed by atoms with Gasteiger partial charge in [0, 0.05) is 23.6 Å². The Balaban J connectivity index is 1.12. The minimum Gasteiger partial charge on any atom is -0.388 e. The number of hydrogen-bond donors (Lipinski definition) is 3. The largest absolute Gasteiger partial charge is 0.388 e. The smallest absolute Gasteiger partial charge is 0.262 e. The van der Waals surface area contributed by atoms with E-state index < -0.39 is 79.5 Å². The summed E-state index contributed by atoms with van der Waals surface area (Å²) in [6, 6.07) is 23.5. The van der Waals surface area contributed by atoms with Crippen LogP contribution in [0.25, 0.3) is 10.4 Å². The van der Waals surface area contributed by atoms with Crippen LogP contribution in [0.1, 0.15) is 63.8 Å². The lowest BCUT2D eigenvalue weighted by atomic mass is 9.94. The van der Waals surface area contributed by atoms with Crippen LogP contribution in [0.15, 0.2) is 90.0 Å². The molecule has 56 heavy (non-hydrogen) atoms. The molecular weight excluding hydrogens is 728 g/mol. The van der Waals surface area contributed by atoms with Gasteiger partial charge in [-0.1, -0.05) is 90.8 Å². The van der Waals surface area contributed by atoms with Crippen LogP contribution in [-0.4, -0.2) is 120 Å². The normalized spacial score (nSPS) is 31.4. The number of ether oxygens (including phenoxy) is 7. The number of azide groups is 1. The standard InChI is InChI=1S/C40H46N4O12/c41-43-42-19-11-1-2-12-20-51-39-30(44-36(48)26-17-9-10-18-27(26)37(44)49)31(45)34(28(53-39)22-50-21-24-13-5-3-6-14-24)56-40-33(47)32(46)35-29(54-40)23-52-38(55-35)25-15-7-4-8-16-25/h3-10,13-18,28-35,38-40,45-47H,1-2,11-12,19-23H2/t28-,29-,30-,31-,32-,33-,34-,35+,38+,39-,40+/m1/s1. The Morgan fingerprint density at radius 3 is 2.18 bits per heavy atom. The average molecular weight is 775 g/mol. The third kappa shape index (κ3) is 8.81. The van der Waals surface area contributed by atoms with E-state index in [0.29, 0.717) is 19.4 Å². The van der Waals surface area contributed by atoms with Crippen molar-refractivity contribution in [2.24, 2.45) is 5.11 Å². The summed E-state index contributed by atoms with van der Waals surface area (Å²) in [5.41, 5.74) is 10.5. The molecule has 16 nitrogen and oxygen atoms in total. The lowest BCUT2D eigenvalue weighted by molar-refractivity contribution is -0.382. The van der Waals surface area contributed by atoms with Crippen LogP contribution in [0.5, 0.6) is 0 Å². The summed E-state index contributed by atoms with van der Waals surface area (Å²) in [7, 11) is 0. The third-order valence-corrected chi connectivity index (χ3v) is 10.4. The molecule has 7 rings (SSSR count). The van der Waals surface area contributed by atoms with Gasteiger partial charge in [-0.05, 0) is 36.1 Å². The van der Waals surface area contributed by atoms with Gasteiger partial charge in [0.15, 0.2) is 18.9 Å². The Bertz CT molecular complexity index is 1780. The number of hydrogen-bond acceptors (Lipinski definition) is 13. The second-order valence-electron chi connectivity index (χ2n) is 14.1. The van der Waals surface area contributed by atoms with Gasteiger partial charge in [-0.2, -0.15) is 0 Å². The molecule has 16 heteroatoms. The fraction of sp³-hybridized carbons (Fsp3) is 0.500. The van der Waals surface area contributed by atoms with Crippen LogP contribution >= 0.6 is 0 Å². The van der Waals surface area contributed by atoms with Crippen molar-refractivity contribution in [1.29, 1.82) is 0 Å². The summed E-state index contributed by atoms with van der Waals surface area (Å²) >= 11 is 0. The highest BCUT2D eigenvalue weighted by Gasteiger charge is 2.57. The molecule has 3 aromatic carbocycles. The predicted octanol–water partition coefficient (Wildman–Crippen LogP) is 3.79. The lowest BCUT2D eigenvalue weighted by Crippen LogP contribution is -2.68. The van der Waals surface area contributed by atoms with E-state index in [1.54, 1.807) is 12.1 Å². The number of carbonyl (C=O) groups is 2. The Morgan fingerprint density at radius 2 is 1.46 bits per heavy atom. The number of fused-ring (bicyclic) bond motifs is 2. The third-order valence-electron chi connectivity index (χ3n) is 10.4. The van der Waals surface area contributed by atoms with Crippen molar-refractivity contribution >= 4 is 11.8 Å². The van der Waals surface area contributed by atoms with Crippen molar-refractivity contribution < 1.29 is 58.1 Å². The number of rotatable bonds is 16. The summed E-state index contributed by atoms with van der Waals surface area (Å²) in [4.78, 5) is 31.4. The first-order valence-corrected chi connectivity index (χ1v) is 18.9. The molecule has 4 aliphatic rings. The maximum atomic E-state index is 13.8. The van der Waals surface area contributed by atoms with E-state index in [-0.39, 0.29) is 37.6 Å². The van der Waals surface area contributed by atoms with E-state index in [9.17, 15) is 24.9 Å². The molecule has 2 amide bonds. The van der Waals surface area contributed by atoms with Crippen LogP contribution in [0.3, 0.4) is 0 Å². The zero-order valence-corrected chi connectivity index (χ0v) is 30.6. The van der Waals surface area contributed by atoms with Crippen molar-refractivity contribution in [3.05, 3.63) is 118 Å². The van der Waals surface area contributed by atoms with Crippen molar-refractivity contribution in [1.82, 2.24) is 4.90 Å². The zero-order valence-electron chi connectivity index (χ0n) is 30.6. The van der Waals surface area contributed by atoms with E-state index in [1.165, 1.54) is 12.1 Å². The molecule has 3 fully saturated rings. The van der Waals surface area contributed by atoms with Gasteiger partial charge < -0.3 is 48.5 Å². The summed E-state index contributed by atoms with van der Waals surface area (Å²) in [5, 5.41) is 38.6. The molecule has 0 bridgehead atoms. The molecule has 298 valence electrons. The molecule has 0 radical (unpaired) electrons. The highest BCUT2D eigenvalue weighted by atomic mass is 16.8. The van der Waals surface area contributed by atoms with E-state index >= 15 is 0 Å². The zero-order chi connectivity index (χ0) is 39.0. The molecule has 3 saturated heterocycles. The van der Waals surface area contributed by atoms with Crippen molar-refractivity contribution in [2.75, 3.05) is 26.4 Å². The fourth-order valence-electron chi connectivity index (χ4n) is 7.47. The molecule has 4 aliphatic heterocycles. The van der Waals surface area contributed by atoms with Gasteiger partial charge in [-0.3, -0.25) is 14.5 Å². The van der Waals surface area contributed by atoms with E-state index in [4.69, 9.17) is 38.7 Å². The monoisotopic (exact) mass is 774 g/mol. The first kappa shape index (κ1) is 39.9. The molecule has 0 unspecified atom stereocenters. The minimum absolute atomic E-state index is 0.000316. The molecule has 0 saturated carbocycles. The van der Waals surface area contributed by atoms with Gasteiger partial charge in [-0.25, -0.2) is 0 Å². The van der Waals surface area contributed by atoms with E-state index in [2.05, 4.69) is 10.0 Å². The van der Waals surface area contributed by atoms with E-state index in [1.807, 2.05) is 60.7 Å². The lowest BCUT2D eigenvalue weighted by Gasteiger charge is -2.50. The average Bonchev–Trinajstić information content (AvgIpc) is 3.47. The van der Waals surface area contributed by atoms with Gasteiger partial charge in [0.1, 0.15) is 48.8 Å². The summed E-state index contributed by atoms with van der Waals surface area (Å²) < 4.78 is 43.2. The highest BCUT2D eigenvalue weighted by molar-refractivity contribution is 6.21. The predicted molar refractivity (Wildman–Crippen MR) is 195 cm³/mol. The number of amides is 2. The number of imide groups is 1. The molecule has 4 heterocycles. The number of carbonyl (C=O) groups excluding carboxylic acids is 2. The Morgan fingerprint density at radius 1 is 0.786 bits per heavy atom. The first-order chi connectivity index (χ1) is 27.4. The topological polar surface area (TPSA) is 211 Å². The molecule has 11 atom stereocenters. The number of aliphatic hydroxyl groups excluding tert-OH is 3. The Hall–Kier alpha value is -4.29. The van der Waals surface area contributed by atoms with Gasteiger partial charge >= 0.3 is 0 Å². The summed E-state index contributed by atoms with van der Waals surface area (Å²) in [6.07, 6.45) is -9.83. The highest BCUT2D eigenvalue weighted by Crippen LogP contribution is 2.38. The first-order valence-electron chi connectivity index (χ1n) is 18.9. The Labute approximate surface area is 323 Å².